The lowest BCUT2D eigenvalue weighted by Gasteiger charge is -2.38. The molecule has 1 saturated heterocycles. The van der Waals surface area contributed by atoms with Crippen LogP contribution in [0.3, 0.4) is 0 Å². The number of nitrogens with one attached hydrogen (secondary N) is 1. The highest BCUT2D eigenvalue weighted by molar-refractivity contribution is 5.68. The van der Waals surface area contributed by atoms with Gasteiger partial charge in [0.1, 0.15) is 5.76 Å². The van der Waals surface area contributed by atoms with Crippen molar-refractivity contribution in [3.63, 3.8) is 0 Å². The molecular weight excluding hydrogens is 312 g/mol. The molecule has 1 aliphatic carbocycles. The second-order valence-electron chi connectivity index (χ2n) is 6.75. The Kier molecular flexibility index (Phi) is 5.60. The number of aromatic nitrogens is 1. The number of methoxy groups -OCH3 is 1. The molecule has 0 unspecified atom stereocenters. The van der Waals surface area contributed by atoms with E-state index < -0.39 is 0 Å². The third kappa shape index (κ3) is 4.01. The van der Waals surface area contributed by atoms with E-state index in [0.717, 1.165) is 19.3 Å². The van der Waals surface area contributed by atoms with E-state index in [9.17, 15) is 9.59 Å². The van der Waals surface area contributed by atoms with Gasteiger partial charge in [0.25, 0.3) is 5.56 Å². The number of H-pyrrole nitrogens is 1. The molecule has 3 rings (SSSR count). The van der Waals surface area contributed by atoms with Gasteiger partial charge in [0.05, 0.1) is 25.9 Å². The van der Waals surface area contributed by atoms with E-state index in [2.05, 4.69) is 5.16 Å². The zero-order valence-corrected chi connectivity index (χ0v) is 14.2. The van der Waals surface area contributed by atoms with E-state index in [1.165, 1.54) is 32.4 Å². The number of hydrogen-bond donors (Lipinski definition) is 1. The van der Waals surface area contributed by atoms with Crippen LogP contribution in [0.15, 0.2) is 15.4 Å². The summed E-state index contributed by atoms with van der Waals surface area (Å²) in [6.07, 6.45) is 7.35. The summed E-state index contributed by atoms with van der Waals surface area (Å²) in [6.45, 7) is 1.08. The van der Waals surface area contributed by atoms with Crippen molar-refractivity contribution in [2.75, 3.05) is 20.3 Å². The van der Waals surface area contributed by atoms with Crippen LogP contribution in [0.2, 0.25) is 0 Å². The lowest BCUT2D eigenvalue weighted by Crippen LogP contribution is -2.48. The summed E-state index contributed by atoms with van der Waals surface area (Å²) < 4.78 is 16.3. The van der Waals surface area contributed by atoms with Gasteiger partial charge >= 0.3 is 6.09 Å². The summed E-state index contributed by atoms with van der Waals surface area (Å²) in [5, 5.41) is 2.34. The first-order valence-corrected chi connectivity index (χ1v) is 8.82. The minimum atomic E-state index is -0.318. The van der Waals surface area contributed by atoms with Gasteiger partial charge in [0.2, 0.25) is 0 Å². The van der Waals surface area contributed by atoms with Crippen molar-refractivity contribution < 1.29 is 18.8 Å². The molecule has 1 amide bonds. The molecule has 1 aliphatic heterocycles. The monoisotopic (exact) mass is 338 g/mol. The van der Waals surface area contributed by atoms with Crippen molar-refractivity contribution in [1.82, 2.24) is 10.1 Å². The maximum Gasteiger partial charge on any atom is 0.409 e. The Bertz CT molecular complexity index is 590. The standard InChI is InChI=1S/C17H26N2O5/c1-22-17(21)19-8-7-12(15-10-16(20)18-24-15)9-13(19)11-23-14-5-3-2-4-6-14/h10,12-14H,2-9,11H2,1H3,(H,18,20)/t12-,13-/m0/s1. The SMILES string of the molecule is COC(=O)N1CC[C@H](c2cc(=O)[nH]o2)C[C@H]1COC1CCCCC1. The van der Waals surface area contributed by atoms with E-state index in [4.69, 9.17) is 14.0 Å². The summed E-state index contributed by atoms with van der Waals surface area (Å²) >= 11 is 0. The van der Waals surface area contributed by atoms with Crippen molar-refractivity contribution in [1.29, 1.82) is 0 Å². The minimum absolute atomic E-state index is 0.0571. The van der Waals surface area contributed by atoms with Crippen LogP contribution in [-0.2, 0) is 9.47 Å². The number of piperidine rings is 1. The smallest absolute Gasteiger partial charge is 0.409 e. The number of hydrogen-bond acceptors (Lipinski definition) is 5. The molecule has 2 aliphatic rings. The molecule has 2 fully saturated rings. The highest BCUT2D eigenvalue weighted by Crippen LogP contribution is 2.32. The van der Waals surface area contributed by atoms with Gasteiger partial charge in [-0.2, -0.15) is 5.16 Å². The van der Waals surface area contributed by atoms with Crippen LogP contribution in [0.25, 0.3) is 0 Å². The predicted molar refractivity (Wildman–Crippen MR) is 87.0 cm³/mol. The molecule has 1 aromatic heterocycles. The molecule has 7 heteroatoms. The van der Waals surface area contributed by atoms with Crippen LogP contribution in [-0.4, -0.2) is 48.6 Å². The van der Waals surface area contributed by atoms with Crippen LogP contribution < -0.4 is 5.56 Å². The van der Waals surface area contributed by atoms with E-state index in [0.29, 0.717) is 31.4 Å². The fourth-order valence-corrected chi connectivity index (χ4v) is 3.80. The average Bonchev–Trinajstić information content (AvgIpc) is 3.06. The Labute approximate surface area is 141 Å². The Morgan fingerprint density at radius 1 is 1.33 bits per heavy atom. The fraction of sp³-hybridized carbons (Fsp3) is 0.765. The number of carbonyl (C=O) groups excluding carboxylic acids is 1. The van der Waals surface area contributed by atoms with Gasteiger partial charge in [-0.1, -0.05) is 19.3 Å². The number of nitrogens with zero attached hydrogens (tertiary/aromatic N) is 1. The highest BCUT2D eigenvalue weighted by Gasteiger charge is 2.35. The molecule has 0 spiro atoms. The number of carbonyl (C=O) groups is 1. The van der Waals surface area contributed by atoms with Crippen LogP contribution in [0.4, 0.5) is 4.79 Å². The maximum atomic E-state index is 12.0. The molecule has 2 heterocycles. The number of aromatic amines is 1. The lowest BCUT2D eigenvalue weighted by atomic mass is 9.89. The van der Waals surface area contributed by atoms with Crippen LogP contribution >= 0.6 is 0 Å². The molecule has 1 saturated carbocycles. The summed E-state index contributed by atoms with van der Waals surface area (Å²) in [5.74, 6) is 0.775. The van der Waals surface area contributed by atoms with Crippen LogP contribution in [0, 0.1) is 0 Å². The first-order valence-electron chi connectivity index (χ1n) is 8.82. The van der Waals surface area contributed by atoms with Gasteiger partial charge in [0.15, 0.2) is 0 Å². The third-order valence-electron chi connectivity index (χ3n) is 5.15. The minimum Gasteiger partial charge on any atom is -0.453 e. The predicted octanol–water partition coefficient (Wildman–Crippen LogP) is 2.63. The second-order valence-corrected chi connectivity index (χ2v) is 6.75. The summed E-state index contributed by atoms with van der Waals surface area (Å²) in [4.78, 5) is 25.1. The Hall–Kier alpha value is -1.76. The normalized spacial score (nSPS) is 25.6. The summed E-state index contributed by atoms with van der Waals surface area (Å²) in [6, 6.07) is 1.44. The van der Waals surface area contributed by atoms with Crippen molar-refractivity contribution in [2.24, 2.45) is 0 Å². The van der Waals surface area contributed by atoms with E-state index in [1.54, 1.807) is 4.90 Å². The molecule has 7 nitrogen and oxygen atoms in total. The molecule has 0 radical (unpaired) electrons. The maximum absolute atomic E-state index is 12.0. The topological polar surface area (TPSA) is 84.8 Å². The van der Waals surface area contributed by atoms with Gasteiger partial charge in [-0.25, -0.2) is 4.79 Å². The van der Waals surface area contributed by atoms with Crippen molar-refractivity contribution in [3.8, 4) is 0 Å². The zero-order chi connectivity index (χ0) is 16.9. The van der Waals surface area contributed by atoms with Gasteiger partial charge in [-0.3, -0.25) is 4.79 Å². The summed E-state index contributed by atoms with van der Waals surface area (Å²) in [5.41, 5.74) is -0.226. The van der Waals surface area contributed by atoms with Crippen LogP contribution in [0.1, 0.15) is 56.6 Å². The molecule has 24 heavy (non-hydrogen) atoms. The summed E-state index contributed by atoms with van der Waals surface area (Å²) in [7, 11) is 1.40. The Balaban J connectivity index is 1.64. The molecule has 2 atom stereocenters. The molecule has 1 aromatic rings. The van der Waals surface area contributed by atoms with Gasteiger partial charge in [-0.05, 0) is 25.7 Å². The van der Waals surface area contributed by atoms with E-state index in [-0.39, 0.29) is 23.6 Å². The second kappa shape index (κ2) is 7.88. The molecule has 134 valence electrons. The van der Waals surface area contributed by atoms with Crippen LogP contribution in [0.5, 0.6) is 0 Å². The molecular formula is C17H26N2O5. The number of likely N-dealkylation sites (tertiary alicyclic amines) is 1. The third-order valence-corrected chi connectivity index (χ3v) is 5.15. The van der Waals surface area contributed by atoms with Crippen molar-refractivity contribution >= 4 is 6.09 Å². The number of amides is 1. The van der Waals surface area contributed by atoms with Crippen molar-refractivity contribution in [2.45, 2.75) is 63.0 Å². The molecule has 0 aromatic carbocycles. The Morgan fingerprint density at radius 2 is 2.12 bits per heavy atom. The highest BCUT2D eigenvalue weighted by atomic mass is 16.5. The molecule has 0 bridgehead atoms. The fourth-order valence-electron chi connectivity index (χ4n) is 3.80. The van der Waals surface area contributed by atoms with E-state index >= 15 is 0 Å². The number of ether oxygens (including phenoxy) is 2. The van der Waals surface area contributed by atoms with Gasteiger partial charge in [0, 0.05) is 18.5 Å². The zero-order valence-electron chi connectivity index (χ0n) is 14.2. The average molecular weight is 338 g/mol. The van der Waals surface area contributed by atoms with E-state index in [1.807, 2.05) is 0 Å². The first-order chi connectivity index (χ1) is 11.7. The largest absolute Gasteiger partial charge is 0.453 e. The molecule has 1 N–H and O–H groups in total. The quantitative estimate of drug-likeness (QED) is 0.912. The number of rotatable bonds is 4. The van der Waals surface area contributed by atoms with Gasteiger partial charge in [-0.15, -0.1) is 0 Å². The Morgan fingerprint density at radius 3 is 2.79 bits per heavy atom. The van der Waals surface area contributed by atoms with Gasteiger partial charge < -0.3 is 18.9 Å². The first kappa shape index (κ1) is 17.1. The lowest BCUT2D eigenvalue weighted by molar-refractivity contribution is -0.0194. The van der Waals surface area contributed by atoms with Crippen molar-refractivity contribution in [3.05, 3.63) is 22.2 Å².